The molecule has 0 aliphatic carbocycles. The van der Waals surface area contributed by atoms with E-state index in [0.717, 1.165) is 18.1 Å². The van der Waals surface area contributed by atoms with Gasteiger partial charge in [-0.1, -0.05) is 18.7 Å². The molecule has 4 nitrogen and oxygen atoms in total. The molecule has 0 amide bonds. The van der Waals surface area contributed by atoms with Gasteiger partial charge in [0.1, 0.15) is 5.25 Å². The predicted molar refractivity (Wildman–Crippen MR) is 59.9 cm³/mol. The number of ether oxygens (including phenoxy) is 1. The number of esters is 1. The van der Waals surface area contributed by atoms with Gasteiger partial charge < -0.3 is 9.30 Å². The first kappa shape index (κ1) is 12.1. The van der Waals surface area contributed by atoms with Crippen LogP contribution in [0.4, 0.5) is 0 Å². The average Bonchev–Trinajstić information content (AvgIpc) is 2.71. The highest BCUT2D eigenvalue weighted by atomic mass is 32.2. The first-order valence-corrected chi connectivity index (χ1v) is 5.86. The second-order valence-electron chi connectivity index (χ2n) is 3.03. The quantitative estimate of drug-likeness (QED) is 0.570. The van der Waals surface area contributed by atoms with Crippen LogP contribution < -0.4 is 0 Å². The van der Waals surface area contributed by atoms with Crippen molar-refractivity contribution in [2.24, 2.45) is 0 Å². The van der Waals surface area contributed by atoms with E-state index in [0.29, 0.717) is 0 Å². The highest BCUT2D eigenvalue weighted by Gasteiger charge is 2.20. The lowest BCUT2D eigenvalue weighted by Crippen LogP contribution is -2.18. The molecule has 0 spiro atoms. The number of aryl methyl sites for hydroxylation is 1. The van der Waals surface area contributed by atoms with Gasteiger partial charge in [0.2, 0.25) is 0 Å². The third-order valence-electron chi connectivity index (χ3n) is 2.10. The zero-order chi connectivity index (χ0) is 11.3. The van der Waals surface area contributed by atoms with Crippen LogP contribution in [0.1, 0.15) is 20.3 Å². The lowest BCUT2D eigenvalue weighted by molar-refractivity contribution is -0.140. The van der Waals surface area contributed by atoms with E-state index in [2.05, 4.69) is 4.98 Å². The van der Waals surface area contributed by atoms with E-state index in [1.165, 1.54) is 18.9 Å². The van der Waals surface area contributed by atoms with Crippen LogP contribution in [0.15, 0.2) is 17.6 Å². The fourth-order valence-electron chi connectivity index (χ4n) is 1.21. The number of imidazole rings is 1. The van der Waals surface area contributed by atoms with Crippen LogP contribution in [0.3, 0.4) is 0 Å². The first-order chi connectivity index (χ1) is 7.22. The molecule has 84 valence electrons. The molecule has 0 saturated carbocycles. The molecule has 1 atom stereocenters. The Morgan fingerprint density at radius 2 is 2.40 bits per heavy atom. The fraction of sp³-hybridized carbons (Fsp3) is 0.600. The van der Waals surface area contributed by atoms with Gasteiger partial charge >= 0.3 is 5.97 Å². The van der Waals surface area contributed by atoms with Gasteiger partial charge in [-0.3, -0.25) is 4.79 Å². The summed E-state index contributed by atoms with van der Waals surface area (Å²) in [5, 5.41) is 0.706. The number of aromatic nitrogens is 2. The Hall–Kier alpha value is -0.970. The zero-order valence-electron chi connectivity index (χ0n) is 9.27. The Kier molecular flexibility index (Phi) is 4.68. The maximum Gasteiger partial charge on any atom is 0.319 e. The summed E-state index contributed by atoms with van der Waals surface area (Å²) < 4.78 is 6.74. The van der Waals surface area contributed by atoms with Crippen molar-refractivity contribution in [2.45, 2.75) is 37.2 Å². The molecule has 0 saturated heterocycles. The average molecular weight is 228 g/mol. The largest absolute Gasteiger partial charge is 0.468 e. The van der Waals surface area contributed by atoms with Crippen molar-refractivity contribution in [3.05, 3.63) is 12.4 Å². The number of hydrogen-bond acceptors (Lipinski definition) is 4. The lowest BCUT2D eigenvalue weighted by Gasteiger charge is -2.11. The SMILES string of the molecule is CC[C@@H](Sc1nccn1CC)C(=O)OC. The molecule has 0 unspecified atom stereocenters. The number of nitrogens with zero attached hydrogens (tertiary/aromatic N) is 2. The summed E-state index contributed by atoms with van der Waals surface area (Å²) in [5.41, 5.74) is 0. The van der Waals surface area contributed by atoms with E-state index in [9.17, 15) is 4.79 Å². The Morgan fingerprint density at radius 1 is 1.67 bits per heavy atom. The van der Waals surface area contributed by atoms with Gasteiger partial charge in [0.25, 0.3) is 0 Å². The monoisotopic (exact) mass is 228 g/mol. The van der Waals surface area contributed by atoms with Crippen LogP contribution in [0, 0.1) is 0 Å². The van der Waals surface area contributed by atoms with Crippen LogP contribution in [0.2, 0.25) is 0 Å². The Bertz CT molecular complexity index is 325. The van der Waals surface area contributed by atoms with Gasteiger partial charge in [-0.25, -0.2) is 4.98 Å². The van der Waals surface area contributed by atoms with Crippen LogP contribution in [0.25, 0.3) is 0 Å². The Labute approximate surface area is 94.0 Å². The molecule has 0 fully saturated rings. The van der Waals surface area contributed by atoms with Gasteiger partial charge in [-0.05, 0) is 13.3 Å². The van der Waals surface area contributed by atoms with Crippen LogP contribution in [-0.4, -0.2) is 27.9 Å². The van der Waals surface area contributed by atoms with E-state index < -0.39 is 0 Å². The minimum Gasteiger partial charge on any atom is -0.468 e. The Morgan fingerprint density at radius 3 is 2.93 bits per heavy atom. The third-order valence-corrected chi connectivity index (χ3v) is 3.46. The molecule has 0 aliphatic rings. The van der Waals surface area contributed by atoms with Crippen molar-refractivity contribution in [1.29, 1.82) is 0 Å². The van der Waals surface area contributed by atoms with E-state index in [1.807, 2.05) is 24.6 Å². The molecule has 1 heterocycles. The summed E-state index contributed by atoms with van der Waals surface area (Å²) in [6.07, 6.45) is 4.40. The van der Waals surface area contributed by atoms with Crippen molar-refractivity contribution < 1.29 is 9.53 Å². The second kappa shape index (κ2) is 5.80. The first-order valence-electron chi connectivity index (χ1n) is 4.98. The molecule has 5 heteroatoms. The van der Waals surface area contributed by atoms with E-state index >= 15 is 0 Å². The third kappa shape index (κ3) is 2.99. The maximum atomic E-state index is 11.4. The molecule has 0 aliphatic heterocycles. The smallest absolute Gasteiger partial charge is 0.319 e. The molecular formula is C10H16N2O2S. The van der Waals surface area contributed by atoms with Gasteiger partial charge in [0.05, 0.1) is 7.11 Å². The van der Waals surface area contributed by atoms with Crippen LogP contribution in [-0.2, 0) is 16.1 Å². The molecular weight excluding hydrogens is 212 g/mol. The van der Waals surface area contributed by atoms with Crippen LogP contribution in [0.5, 0.6) is 0 Å². The van der Waals surface area contributed by atoms with Crippen molar-refractivity contribution in [1.82, 2.24) is 9.55 Å². The highest BCUT2D eigenvalue weighted by molar-refractivity contribution is 8.00. The minimum absolute atomic E-state index is 0.164. The normalized spacial score (nSPS) is 12.5. The minimum atomic E-state index is -0.187. The number of thioether (sulfide) groups is 1. The van der Waals surface area contributed by atoms with Gasteiger partial charge in [0.15, 0.2) is 5.16 Å². The summed E-state index contributed by atoms with van der Waals surface area (Å²) in [5.74, 6) is -0.187. The number of hydrogen-bond donors (Lipinski definition) is 0. The van der Waals surface area contributed by atoms with Crippen molar-refractivity contribution in [3.8, 4) is 0 Å². The maximum absolute atomic E-state index is 11.4. The summed E-state index contributed by atoms with van der Waals surface area (Å²) in [7, 11) is 1.41. The summed E-state index contributed by atoms with van der Waals surface area (Å²) in [6, 6.07) is 0. The van der Waals surface area contributed by atoms with E-state index in [-0.39, 0.29) is 11.2 Å². The summed E-state index contributed by atoms with van der Waals surface area (Å²) in [4.78, 5) is 15.6. The number of rotatable bonds is 5. The number of methoxy groups -OCH3 is 1. The second-order valence-corrected chi connectivity index (χ2v) is 4.20. The summed E-state index contributed by atoms with van der Waals surface area (Å²) >= 11 is 1.46. The van der Waals surface area contributed by atoms with Crippen molar-refractivity contribution in [2.75, 3.05) is 7.11 Å². The standard InChI is InChI=1S/C10H16N2O2S/c1-4-8(9(13)14-3)15-10-11-6-7-12(10)5-2/h6-8H,4-5H2,1-3H3/t8-/m1/s1. The molecule has 0 N–H and O–H groups in total. The Balaban J connectivity index is 2.70. The van der Waals surface area contributed by atoms with Crippen molar-refractivity contribution in [3.63, 3.8) is 0 Å². The van der Waals surface area contributed by atoms with Crippen molar-refractivity contribution >= 4 is 17.7 Å². The van der Waals surface area contributed by atoms with Gasteiger partial charge in [-0.2, -0.15) is 0 Å². The zero-order valence-corrected chi connectivity index (χ0v) is 10.1. The predicted octanol–water partition coefficient (Wildman–Crippen LogP) is 1.95. The lowest BCUT2D eigenvalue weighted by atomic mass is 10.3. The van der Waals surface area contributed by atoms with Gasteiger partial charge in [-0.15, -0.1) is 0 Å². The fourth-order valence-corrected chi connectivity index (χ4v) is 2.27. The van der Waals surface area contributed by atoms with E-state index in [4.69, 9.17) is 4.74 Å². The summed E-state index contributed by atoms with van der Waals surface area (Å²) in [6.45, 7) is 4.87. The number of carbonyl (C=O) groups is 1. The molecule has 0 radical (unpaired) electrons. The van der Waals surface area contributed by atoms with Crippen LogP contribution >= 0.6 is 11.8 Å². The van der Waals surface area contributed by atoms with Gasteiger partial charge in [0, 0.05) is 18.9 Å². The molecule has 1 aromatic rings. The molecule has 0 bridgehead atoms. The molecule has 1 rings (SSSR count). The number of carbonyl (C=O) groups excluding carboxylic acids is 1. The molecule has 1 aromatic heterocycles. The molecule has 0 aromatic carbocycles. The molecule has 15 heavy (non-hydrogen) atoms. The topological polar surface area (TPSA) is 44.1 Å². The van der Waals surface area contributed by atoms with E-state index in [1.54, 1.807) is 6.20 Å². The highest BCUT2D eigenvalue weighted by Crippen LogP contribution is 2.24.